The molecule has 2 atom stereocenters. The molecule has 2 amide bonds. The van der Waals surface area contributed by atoms with Crippen molar-refractivity contribution in [2.75, 3.05) is 32.1 Å². The number of fused-ring (bicyclic) bond motifs is 1. The van der Waals surface area contributed by atoms with E-state index in [0.29, 0.717) is 19.5 Å². The van der Waals surface area contributed by atoms with Crippen LogP contribution in [0.25, 0.3) is 0 Å². The average Bonchev–Trinajstić information content (AvgIpc) is 2.77. The number of hydrogen-bond donors (Lipinski definition) is 0. The predicted octanol–water partition coefficient (Wildman–Crippen LogP) is 1.33. The third kappa shape index (κ3) is 2.56. The minimum Gasteiger partial charge on any atom is -0.372 e. The van der Waals surface area contributed by atoms with Gasteiger partial charge in [-0.3, -0.25) is 9.59 Å². The van der Waals surface area contributed by atoms with Crippen LogP contribution in [-0.2, 0) is 16.1 Å². The smallest absolute Gasteiger partial charge is 0.228 e. The number of carbonyl (C=O) groups excluding carboxylic acids is 2. The Morgan fingerprint density at radius 2 is 1.86 bits per heavy atom. The molecule has 0 aromatic heterocycles. The van der Waals surface area contributed by atoms with Crippen molar-refractivity contribution in [3.63, 3.8) is 0 Å². The van der Waals surface area contributed by atoms with Crippen LogP contribution in [0.3, 0.4) is 0 Å². The first kappa shape index (κ1) is 14.9. The molecule has 0 spiro atoms. The molecule has 0 unspecified atom stereocenters. The molecule has 118 valence electrons. The Labute approximate surface area is 131 Å². The molecule has 2 aliphatic rings. The van der Waals surface area contributed by atoms with E-state index in [1.165, 1.54) is 11.3 Å². The van der Waals surface area contributed by atoms with E-state index in [2.05, 4.69) is 31.0 Å². The zero-order valence-corrected chi connectivity index (χ0v) is 13.5. The first-order valence-electron chi connectivity index (χ1n) is 7.81. The number of nitrogens with zero attached hydrogens (tertiary/aromatic N) is 3. The number of benzene rings is 1. The molecule has 2 aliphatic heterocycles. The molecule has 3 rings (SSSR count). The molecule has 5 heteroatoms. The fraction of sp³-hybridized carbons (Fsp3) is 0.529. The Hall–Kier alpha value is -2.04. The molecule has 0 radical (unpaired) electrons. The molecule has 1 saturated heterocycles. The maximum absolute atomic E-state index is 12.9. The Balaban J connectivity index is 1.84. The monoisotopic (exact) mass is 301 g/mol. The third-order valence-corrected chi connectivity index (χ3v) is 4.79. The van der Waals surface area contributed by atoms with Crippen LogP contribution in [0.15, 0.2) is 24.3 Å². The highest BCUT2D eigenvalue weighted by molar-refractivity contribution is 5.89. The summed E-state index contributed by atoms with van der Waals surface area (Å²) in [6.07, 6.45) is 0.343. The van der Waals surface area contributed by atoms with Gasteiger partial charge in [-0.1, -0.05) is 18.2 Å². The van der Waals surface area contributed by atoms with E-state index in [9.17, 15) is 9.59 Å². The molecule has 0 aliphatic carbocycles. The number of anilines is 1. The van der Waals surface area contributed by atoms with Crippen molar-refractivity contribution in [2.24, 2.45) is 5.92 Å². The Morgan fingerprint density at radius 3 is 2.55 bits per heavy atom. The number of carbonyl (C=O) groups is 2. The molecule has 1 aromatic carbocycles. The Bertz CT molecular complexity index is 601. The van der Waals surface area contributed by atoms with Gasteiger partial charge in [-0.2, -0.15) is 0 Å². The summed E-state index contributed by atoms with van der Waals surface area (Å²) in [4.78, 5) is 30.4. The molecule has 0 N–H and O–H groups in total. The summed E-state index contributed by atoms with van der Waals surface area (Å²) in [7, 11) is 3.83. The third-order valence-electron chi connectivity index (χ3n) is 4.79. The van der Waals surface area contributed by atoms with E-state index in [1.54, 1.807) is 11.9 Å². The normalized spacial score (nSPS) is 25.2. The van der Waals surface area contributed by atoms with Crippen LogP contribution in [0.2, 0.25) is 0 Å². The van der Waals surface area contributed by atoms with Crippen LogP contribution >= 0.6 is 0 Å². The standard InChI is InChI=1S/C17H23N3O2/c1-12-9-18(2)15-7-5-4-6-13(15)11-20(12)17(22)14-8-16(21)19(3)10-14/h4-7,12,14H,8-11H2,1-3H3/t12-,14+/m1/s1. The van der Waals surface area contributed by atoms with Gasteiger partial charge < -0.3 is 14.7 Å². The molecule has 22 heavy (non-hydrogen) atoms. The van der Waals surface area contributed by atoms with Gasteiger partial charge in [0.1, 0.15) is 0 Å². The van der Waals surface area contributed by atoms with Crippen LogP contribution in [0.5, 0.6) is 0 Å². The van der Waals surface area contributed by atoms with Gasteiger partial charge >= 0.3 is 0 Å². The molecule has 2 heterocycles. The largest absolute Gasteiger partial charge is 0.372 e. The molecule has 1 fully saturated rings. The number of amides is 2. The van der Waals surface area contributed by atoms with Gasteiger partial charge in [-0.15, -0.1) is 0 Å². The molecular formula is C17H23N3O2. The van der Waals surface area contributed by atoms with Crippen molar-refractivity contribution in [2.45, 2.75) is 25.9 Å². The van der Waals surface area contributed by atoms with Gasteiger partial charge in [-0.25, -0.2) is 0 Å². The summed E-state index contributed by atoms with van der Waals surface area (Å²) in [5.41, 5.74) is 2.35. The maximum atomic E-state index is 12.9. The SMILES string of the molecule is C[C@@H]1CN(C)c2ccccc2CN1C(=O)[C@H]1CC(=O)N(C)C1. The van der Waals surface area contributed by atoms with Crippen LogP contribution in [0.4, 0.5) is 5.69 Å². The second kappa shape index (κ2) is 5.63. The Kier molecular flexibility index (Phi) is 3.81. The number of likely N-dealkylation sites (tertiary alicyclic amines) is 1. The first-order valence-corrected chi connectivity index (χ1v) is 7.81. The summed E-state index contributed by atoms with van der Waals surface area (Å²) in [6.45, 7) is 4.05. The van der Waals surface area contributed by atoms with E-state index in [0.717, 1.165) is 6.54 Å². The lowest BCUT2D eigenvalue weighted by molar-refractivity contribution is -0.138. The zero-order chi connectivity index (χ0) is 15.9. The van der Waals surface area contributed by atoms with Crippen molar-refractivity contribution in [1.29, 1.82) is 0 Å². The van der Waals surface area contributed by atoms with Gasteiger partial charge in [0.2, 0.25) is 11.8 Å². The fourth-order valence-electron chi connectivity index (χ4n) is 3.51. The lowest BCUT2D eigenvalue weighted by Crippen LogP contribution is -2.45. The van der Waals surface area contributed by atoms with Gasteiger partial charge in [0, 0.05) is 51.9 Å². The van der Waals surface area contributed by atoms with Crippen molar-refractivity contribution in [1.82, 2.24) is 9.80 Å². The lowest BCUT2D eigenvalue weighted by Gasteiger charge is -2.30. The summed E-state index contributed by atoms with van der Waals surface area (Å²) in [5, 5.41) is 0. The topological polar surface area (TPSA) is 43.9 Å². The van der Waals surface area contributed by atoms with Crippen molar-refractivity contribution in [3.8, 4) is 0 Å². The van der Waals surface area contributed by atoms with E-state index in [-0.39, 0.29) is 23.8 Å². The van der Waals surface area contributed by atoms with Crippen LogP contribution in [-0.4, -0.2) is 54.8 Å². The first-order chi connectivity index (χ1) is 10.5. The maximum Gasteiger partial charge on any atom is 0.228 e. The van der Waals surface area contributed by atoms with E-state index < -0.39 is 0 Å². The minimum atomic E-state index is -0.199. The van der Waals surface area contributed by atoms with Gasteiger partial charge in [0.15, 0.2) is 0 Å². The summed E-state index contributed by atoms with van der Waals surface area (Å²) >= 11 is 0. The number of hydrogen-bond acceptors (Lipinski definition) is 3. The molecule has 5 nitrogen and oxygen atoms in total. The van der Waals surface area contributed by atoms with Crippen molar-refractivity contribution in [3.05, 3.63) is 29.8 Å². The van der Waals surface area contributed by atoms with E-state index in [4.69, 9.17) is 0 Å². The summed E-state index contributed by atoms with van der Waals surface area (Å²) in [5.74, 6) is -0.0239. The number of para-hydroxylation sites is 1. The van der Waals surface area contributed by atoms with Gasteiger partial charge in [0.05, 0.1) is 5.92 Å². The van der Waals surface area contributed by atoms with Crippen LogP contribution in [0.1, 0.15) is 18.9 Å². The highest BCUT2D eigenvalue weighted by atomic mass is 16.2. The molecule has 0 bridgehead atoms. The average molecular weight is 301 g/mol. The quantitative estimate of drug-likeness (QED) is 0.786. The zero-order valence-electron chi connectivity index (χ0n) is 13.5. The summed E-state index contributed by atoms with van der Waals surface area (Å²) < 4.78 is 0. The van der Waals surface area contributed by atoms with E-state index in [1.807, 2.05) is 17.0 Å². The highest BCUT2D eigenvalue weighted by Crippen LogP contribution is 2.28. The van der Waals surface area contributed by atoms with Gasteiger partial charge in [-0.05, 0) is 18.6 Å². The second-order valence-corrected chi connectivity index (χ2v) is 6.50. The molecular weight excluding hydrogens is 278 g/mol. The predicted molar refractivity (Wildman–Crippen MR) is 85.5 cm³/mol. The number of likely N-dealkylation sites (N-methyl/N-ethyl adjacent to an activating group) is 1. The van der Waals surface area contributed by atoms with Crippen LogP contribution < -0.4 is 4.90 Å². The summed E-state index contributed by atoms with van der Waals surface area (Å²) in [6, 6.07) is 8.35. The minimum absolute atomic E-state index is 0.0679. The second-order valence-electron chi connectivity index (χ2n) is 6.50. The van der Waals surface area contributed by atoms with E-state index >= 15 is 0 Å². The highest BCUT2D eigenvalue weighted by Gasteiger charge is 2.37. The number of rotatable bonds is 1. The Morgan fingerprint density at radius 1 is 1.14 bits per heavy atom. The van der Waals surface area contributed by atoms with Crippen molar-refractivity contribution < 1.29 is 9.59 Å². The fourth-order valence-corrected chi connectivity index (χ4v) is 3.51. The van der Waals surface area contributed by atoms with Gasteiger partial charge in [0.25, 0.3) is 0 Å². The lowest BCUT2D eigenvalue weighted by atomic mass is 10.1. The van der Waals surface area contributed by atoms with Crippen molar-refractivity contribution >= 4 is 17.5 Å². The molecule has 0 saturated carbocycles. The molecule has 1 aromatic rings. The van der Waals surface area contributed by atoms with Crippen LogP contribution in [0, 0.1) is 5.92 Å².